The van der Waals surface area contributed by atoms with Gasteiger partial charge < -0.3 is 4.74 Å². The molecule has 6 heteroatoms. The Morgan fingerprint density at radius 1 is 1.44 bits per heavy atom. The summed E-state index contributed by atoms with van der Waals surface area (Å²) < 4.78 is 18.8. The van der Waals surface area contributed by atoms with Crippen LogP contribution in [0.15, 0.2) is 30.7 Å². The van der Waals surface area contributed by atoms with Crippen LogP contribution >= 0.6 is 11.6 Å². The molecule has 1 aromatic carbocycles. The minimum atomic E-state index is -0.648. The fourth-order valence-electron chi connectivity index (χ4n) is 1.33. The summed E-state index contributed by atoms with van der Waals surface area (Å²) >= 11 is 5.80. The van der Waals surface area contributed by atoms with E-state index in [9.17, 15) is 9.18 Å². The molecular formula is C12H8ClFN2O2. The molecule has 0 radical (unpaired) electrons. The van der Waals surface area contributed by atoms with Gasteiger partial charge >= 0.3 is 0 Å². The van der Waals surface area contributed by atoms with Crippen LogP contribution in [0.1, 0.15) is 17.3 Å². The zero-order chi connectivity index (χ0) is 13.1. The smallest absolute Gasteiger partial charge is 0.241 e. The fourth-order valence-corrected chi connectivity index (χ4v) is 1.48. The number of carbonyl (C=O) groups is 1. The van der Waals surface area contributed by atoms with Gasteiger partial charge in [-0.15, -0.1) is 0 Å². The van der Waals surface area contributed by atoms with E-state index in [1.165, 1.54) is 31.6 Å². The van der Waals surface area contributed by atoms with Gasteiger partial charge in [0, 0.05) is 6.07 Å². The average molecular weight is 267 g/mol. The molecule has 2 rings (SSSR count). The van der Waals surface area contributed by atoms with Gasteiger partial charge in [0.15, 0.2) is 5.78 Å². The third kappa shape index (κ3) is 2.62. The SMILES string of the molecule is CC(=O)c1ccc(Oc2ncncc2Cl)cc1F. The average Bonchev–Trinajstić information content (AvgIpc) is 2.32. The Kier molecular flexibility index (Phi) is 3.53. The van der Waals surface area contributed by atoms with Crippen molar-refractivity contribution in [3.63, 3.8) is 0 Å². The topological polar surface area (TPSA) is 52.1 Å². The highest BCUT2D eigenvalue weighted by atomic mass is 35.5. The lowest BCUT2D eigenvalue weighted by Gasteiger charge is -2.06. The van der Waals surface area contributed by atoms with Crippen molar-refractivity contribution in [1.29, 1.82) is 0 Å². The van der Waals surface area contributed by atoms with Crippen molar-refractivity contribution >= 4 is 17.4 Å². The van der Waals surface area contributed by atoms with Crippen molar-refractivity contribution in [3.8, 4) is 11.6 Å². The first-order valence-corrected chi connectivity index (χ1v) is 5.39. The normalized spacial score (nSPS) is 10.2. The van der Waals surface area contributed by atoms with Crippen LogP contribution in [0.4, 0.5) is 4.39 Å². The number of ether oxygens (including phenoxy) is 1. The molecule has 0 atom stereocenters. The number of benzene rings is 1. The second kappa shape index (κ2) is 5.10. The quantitative estimate of drug-likeness (QED) is 0.800. The zero-order valence-corrected chi connectivity index (χ0v) is 10.1. The molecule has 92 valence electrons. The van der Waals surface area contributed by atoms with Gasteiger partial charge in [0.05, 0.1) is 11.8 Å². The summed E-state index contributed by atoms with van der Waals surface area (Å²) in [6, 6.07) is 3.93. The van der Waals surface area contributed by atoms with Gasteiger partial charge in [0.2, 0.25) is 5.88 Å². The summed E-state index contributed by atoms with van der Waals surface area (Å²) in [4.78, 5) is 18.6. The van der Waals surface area contributed by atoms with E-state index in [1.807, 2.05) is 0 Å². The molecule has 0 saturated carbocycles. The number of Topliss-reactive ketones (excluding diaryl/α,β-unsaturated/α-hetero) is 1. The van der Waals surface area contributed by atoms with E-state index in [4.69, 9.17) is 16.3 Å². The first kappa shape index (κ1) is 12.4. The molecule has 4 nitrogen and oxygen atoms in total. The van der Waals surface area contributed by atoms with Crippen LogP contribution in [0, 0.1) is 5.82 Å². The number of halogens is 2. The van der Waals surface area contributed by atoms with E-state index in [0.717, 1.165) is 6.07 Å². The predicted molar refractivity (Wildman–Crippen MR) is 63.5 cm³/mol. The predicted octanol–water partition coefficient (Wildman–Crippen LogP) is 3.26. The molecule has 0 saturated heterocycles. The minimum absolute atomic E-state index is 0.0103. The maximum Gasteiger partial charge on any atom is 0.241 e. The van der Waals surface area contributed by atoms with E-state index in [1.54, 1.807) is 0 Å². The number of rotatable bonds is 3. The Labute approximate surface area is 107 Å². The zero-order valence-electron chi connectivity index (χ0n) is 9.35. The summed E-state index contributed by atoms with van der Waals surface area (Å²) in [7, 11) is 0. The summed E-state index contributed by atoms with van der Waals surface area (Å²) in [5.74, 6) is -0.663. The second-order valence-corrected chi connectivity index (χ2v) is 3.88. The van der Waals surface area contributed by atoms with Crippen LogP contribution in [-0.4, -0.2) is 15.8 Å². The second-order valence-electron chi connectivity index (χ2n) is 3.48. The molecule has 0 spiro atoms. The number of ketones is 1. The van der Waals surface area contributed by atoms with Gasteiger partial charge in [-0.25, -0.2) is 14.4 Å². The summed E-state index contributed by atoms with van der Waals surface area (Å²) in [6.45, 7) is 1.29. The van der Waals surface area contributed by atoms with E-state index in [0.29, 0.717) is 0 Å². The molecular weight excluding hydrogens is 259 g/mol. The molecule has 0 aliphatic rings. The largest absolute Gasteiger partial charge is 0.437 e. The summed E-state index contributed by atoms with van der Waals surface area (Å²) in [6.07, 6.45) is 2.63. The molecule has 0 aliphatic carbocycles. The molecule has 2 aromatic rings. The molecule has 0 amide bonds. The van der Waals surface area contributed by atoms with Crippen LogP contribution in [0.25, 0.3) is 0 Å². The Hall–Kier alpha value is -2.01. The van der Waals surface area contributed by atoms with Crippen molar-refractivity contribution < 1.29 is 13.9 Å². The lowest BCUT2D eigenvalue weighted by Crippen LogP contribution is -1.97. The minimum Gasteiger partial charge on any atom is -0.437 e. The highest BCUT2D eigenvalue weighted by Crippen LogP contribution is 2.26. The Morgan fingerprint density at radius 3 is 2.83 bits per heavy atom. The number of hydrogen-bond donors (Lipinski definition) is 0. The van der Waals surface area contributed by atoms with Crippen LogP contribution < -0.4 is 4.74 Å². The molecule has 18 heavy (non-hydrogen) atoms. The van der Waals surface area contributed by atoms with Crippen LogP contribution in [0.3, 0.4) is 0 Å². The van der Waals surface area contributed by atoms with Crippen LogP contribution in [0.2, 0.25) is 5.02 Å². The number of carbonyl (C=O) groups excluding carboxylic acids is 1. The molecule has 0 N–H and O–H groups in total. The number of aromatic nitrogens is 2. The van der Waals surface area contributed by atoms with Gasteiger partial charge in [-0.1, -0.05) is 11.6 Å². The maximum atomic E-state index is 13.5. The Bertz CT molecular complexity index is 604. The van der Waals surface area contributed by atoms with Crippen molar-refractivity contribution in [2.45, 2.75) is 6.92 Å². The molecule has 0 unspecified atom stereocenters. The highest BCUT2D eigenvalue weighted by Gasteiger charge is 2.10. The fraction of sp³-hybridized carbons (Fsp3) is 0.0833. The third-order valence-corrected chi connectivity index (χ3v) is 2.43. The molecule has 1 aromatic heterocycles. The van der Waals surface area contributed by atoms with Gasteiger partial charge in [0.1, 0.15) is 22.9 Å². The Morgan fingerprint density at radius 2 is 2.22 bits per heavy atom. The third-order valence-electron chi connectivity index (χ3n) is 2.17. The summed E-state index contributed by atoms with van der Waals surface area (Å²) in [5, 5.41) is 0.216. The number of hydrogen-bond acceptors (Lipinski definition) is 4. The van der Waals surface area contributed by atoms with Crippen molar-refractivity contribution in [3.05, 3.63) is 47.1 Å². The van der Waals surface area contributed by atoms with Gasteiger partial charge in [-0.05, 0) is 19.1 Å². The van der Waals surface area contributed by atoms with Crippen molar-refractivity contribution in [2.75, 3.05) is 0 Å². The van der Waals surface area contributed by atoms with Gasteiger partial charge in [-0.2, -0.15) is 0 Å². The lowest BCUT2D eigenvalue weighted by atomic mass is 10.1. The first-order chi connectivity index (χ1) is 8.58. The molecule has 0 fully saturated rings. The van der Waals surface area contributed by atoms with Crippen molar-refractivity contribution in [2.24, 2.45) is 0 Å². The maximum absolute atomic E-state index is 13.5. The summed E-state index contributed by atoms with van der Waals surface area (Å²) in [5.41, 5.74) is 0.0103. The molecule has 0 bridgehead atoms. The van der Waals surface area contributed by atoms with E-state index < -0.39 is 5.82 Å². The van der Waals surface area contributed by atoms with E-state index >= 15 is 0 Å². The van der Waals surface area contributed by atoms with Crippen LogP contribution in [0.5, 0.6) is 11.6 Å². The van der Waals surface area contributed by atoms with Crippen molar-refractivity contribution in [1.82, 2.24) is 9.97 Å². The molecule has 1 heterocycles. The number of nitrogens with zero attached hydrogens (tertiary/aromatic N) is 2. The first-order valence-electron chi connectivity index (χ1n) is 5.02. The van der Waals surface area contributed by atoms with Gasteiger partial charge in [0.25, 0.3) is 0 Å². The molecule has 0 aliphatic heterocycles. The lowest BCUT2D eigenvalue weighted by molar-refractivity contribution is 0.101. The van der Waals surface area contributed by atoms with E-state index in [2.05, 4.69) is 9.97 Å². The van der Waals surface area contributed by atoms with Crippen LogP contribution in [-0.2, 0) is 0 Å². The van der Waals surface area contributed by atoms with Gasteiger partial charge in [-0.3, -0.25) is 4.79 Å². The van der Waals surface area contributed by atoms with E-state index in [-0.39, 0.29) is 28.0 Å². The standard InChI is InChI=1S/C12H8ClFN2O2/c1-7(17)9-3-2-8(4-11(9)14)18-12-10(13)5-15-6-16-12/h2-6H,1H3. The Balaban J connectivity index is 2.29. The highest BCUT2D eigenvalue weighted by molar-refractivity contribution is 6.31. The monoisotopic (exact) mass is 266 g/mol.